The van der Waals surface area contributed by atoms with Crippen molar-refractivity contribution in [1.82, 2.24) is 5.32 Å². The van der Waals surface area contributed by atoms with Gasteiger partial charge in [0.2, 0.25) is 12.7 Å². The number of fused-ring (bicyclic) bond motifs is 1. The van der Waals surface area contributed by atoms with Gasteiger partial charge in [0.05, 0.1) is 0 Å². The van der Waals surface area contributed by atoms with E-state index in [2.05, 4.69) is 5.32 Å². The van der Waals surface area contributed by atoms with Crippen molar-refractivity contribution in [3.63, 3.8) is 0 Å². The van der Waals surface area contributed by atoms with Crippen LogP contribution in [0.15, 0.2) is 48.5 Å². The zero-order chi connectivity index (χ0) is 14.7. The summed E-state index contributed by atoms with van der Waals surface area (Å²) in [6.07, 6.45) is 0. The molecule has 0 saturated heterocycles. The Labute approximate surface area is 127 Å². The largest absolute Gasteiger partial charge is 0.454 e. The Bertz CT molecular complexity index is 645. The zero-order valence-corrected chi connectivity index (χ0v) is 12.0. The average Bonchev–Trinajstić information content (AvgIpc) is 3.00. The molecule has 3 rings (SSSR count). The maximum Gasteiger partial charge on any atom is 0.242 e. The van der Waals surface area contributed by atoms with Crippen LogP contribution in [0.4, 0.5) is 0 Å². The fourth-order valence-corrected chi connectivity index (χ4v) is 2.33. The Kier molecular flexibility index (Phi) is 3.97. The predicted molar refractivity (Wildman–Crippen MR) is 79.4 cm³/mol. The second-order valence-electron chi connectivity index (χ2n) is 4.68. The van der Waals surface area contributed by atoms with Gasteiger partial charge in [-0.2, -0.15) is 0 Å². The van der Waals surface area contributed by atoms with E-state index in [0.717, 1.165) is 16.9 Å². The van der Waals surface area contributed by atoms with E-state index in [4.69, 9.17) is 21.1 Å². The smallest absolute Gasteiger partial charge is 0.242 e. The summed E-state index contributed by atoms with van der Waals surface area (Å²) in [5.74, 6) is 1.21. The fraction of sp³-hybridized carbons (Fsp3) is 0.188. The second-order valence-corrected chi connectivity index (χ2v) is 5.12. The van der Waals surface area contributed by atoms with E-state index in [1.54, 1.807) is 0 Å². The Balaban J connectivity index is 1.61. The fourth-order valence-electron chi connectivity index (χ4n) is 2.10. The van der Waals surface area contributed by atoms with Crippen molar-refractivity contribution in [2.75, 3.05) is 6.79 Å². The van der Waals surface area contributed by atoms with E-state index >= 15 is 0 Å². The van der Waals surface area contributed by atoms with Crippen molar-refractivity contribution in [2.24, 2.45) is 0 Å². The van der Waals surface area contributed by atoms with E-state index in [0.29, 0.717) is 12.3 Å². The summed E-state index contributed by atoms with van der Waals surface area (Å²) in [6, 6.07) is 14.8. The molecule has 0 aromatic heterocycles. The lowest BCUT2D eigenvalue weighted by Crippen LogP contribution is -2.26. The highest BCUT2D eigenvalue weighted by Crippen LogP contribution is 2.32. The lowest BCUT2D eigenvalue weighted by atomic mass is 10.1. The van der Waals surface area contributed by atoms with Gasteiger partial charge < -0.3 is 14.8 Å². The van der Waals surface area contributed by atoms with Crippen LogP contribution in [0.5, 0.6) is 11.5 Å². The van der Waals surface area contributed by atoms with Crippen molar-refractivity contribution >= 4 is 17.5 Å². The van der Waals surface area contributed by atoms with Gasteiger partial charge in [0.1, 0.15) is 5.38 Å². The molecule has 1 N–H and O–H groups in total. The highest BCUT2D eigenvalue weighted by atomic mass is 35.5. The molecule has 1 heterocycles. The molecule has 1 aliphatic rings. The lowest BCUT2D eigenvalue weighted by molar-refractivity contribution is -0.121. The van der Waals surface area contributed by atoms with E-state index in [1.807, 2.05) is 48.5 Å². The normalized spacial score (nSPS) is 13.8. The Hall–Kier alpha value is -2.20. The third kappa shape index (κ3) is 3.11. The quantitative estimate of drug-likeness (QED) is 0.883. The molecule has 0 unspecified atom stereocenters. The van der Waals surface area contributed by atoms with Gasteiger partial charge in [-0.05, 0) is 23.3 Å². The van der Waals surface area contributed by atoms with Gasteiger partial charge in [0, 0.05) is 6.54 Å². The highest BCUT2D eigenvalue weighted by Gasteiger charge is 2.18. The summed E-state index contributed by atoms with van der Waals surface area (Å²) >= 11 is 6.16. The predicted octanol–water partition coefficient (Wildman–Crippen LogP) is 3.01. The Morgan fingerprint density at radius 2 is 1.90 bits per heavy atom. The third-order valence-corrected chi connectivity index (χ3v) is 3.68. The van der Waals surface area contributed by atoms with Crippen molar-refractivity contribution in [1.29, 1.82) is 0 Å². The van der Waals surface area contributed by atoms with Crippen molar-refractivity contribution < 1.29 is 14.3 Å². The first-order valence-corrected chi connectivity index (χ1v) is 7.03. The molecule has 4 nitrogen and oxygen atoms in total. The van der Waals surface area contributed by atoms with Gasteiger partial charge in [-0.25, -0.2) is 0 Å². The molecule has 21 heavy (non-hydrogen) atoms. The SMILES string of the molecule is O=C(NCc1ccc2c(c1)OCO2)[C@H](Cl)c1ccccc1. The number of hydrogen-bond acceptors (Lipinski definition) is 3. The van der Waals surface area contributed by atoms with Crippen molar-refractivity contribution in [3.8, 4) is 11.5 Å². The number of ether oxygens (including phenoxy) is 2. The monoisotopic (exact) mass is 303 g/mol. The third-order valence-electron chi connectivity index (χ3n) is 3.23. The van der Waals surface area contributed by atoms with Crippen LogP contribution in [-0.2, 0) is 11.3 Å². The van der Waals surface area contributed by atoms with Crippen LogP contribution in [0.2, 0.25) is 0 Å². The summed E-state index contributed by atoms with van der Waals surface area (Å²) in [4.78, 5) is 12.1. The summed E-state index contributed by atoms with van der Waals surface area (Å²) in [5.41, 5.74) is 1.71. The number of carbonyl (C=O) groups is 1. The van der Waals surface area contributed by atoms with Crippen LogP contribution in [0.1, 0.15) is 16.5 Å². The first kappa shape index (κ1) is 13.8. The van der Waals surface area contributed by atoms with Gasteiger partial charge in [0.15, 0.2) is 11.5 Å². The summed E-state index contributed by atoms with van der Waals surface area (Å²) < 4.78 is 10.5. The molecular formula is C16H14ClNO3. The lowest BCUT2D eigenvalue weighted by Gasteiger charge is -2.11. The van der Waals surface area contributed by atoms with Crippen LogP contribution >= 0.6 is 11.6 Å². The number of nitrogens with one attached hydrogen (secondary N) is 1. The van der Waals surface area contributed by atoms with Crippen LogP contribution in [0.25, 0.3) is 0 Å². The van der Waals surface area contributed by atoms with Crippen LogP contribution in [0, 0.1) is 0 Å². The molecule has 0 spiro atoms. The maximum absolute atomic E-state index is 12.1. The minimum atomic E-state index is -0.694. The highest BCUT2D eigenvalue weighted by molar-refractivity contribution is 6.30. The number of rotatable bonds is 4. The molecule has 108 valence electrons. The van der Waals surface area contributed by atoms with Gasteiger partial charge in [0.25, 0.3) is 0 Å². The van der Waals surface area contributed by atoms with E-state index in [9.17, 15) is 4.79 Å². The number of carbonyl (C=O) groups excluding carboxylic acids is 1. The molecule has 2 aromatic carbocycles. The number of benzene rings is 2. The van der Waals surface area contributed by atoms with Crippen molar-refractivity contribution in [3.05, 3.63) is 59.7 Å². The molecule has 0 aliphatic carbocycles. The minimum Gasteiger partial charge on any atom is -0.454 e. The molecule has 1 atom stereocenters. The first-order valence-electron chi connectivity index (χ1n) is 6.59. The van der Waals surface area contributed by atoms with E-state index in [1.165, 1.54) is 0 Å². The molecule has 0 fully saturated rings. The number of alkyl halides is 1. The average molecular weight is 304 g/mol. The van der Waals surface area contributed by atoms with Gasteiger partial charge in [-0.3, -0.25) is 4.79 Å². The maximum atomic E-state index is 12.1. The molecule has 0 radical (unpaired) electrons. The molecule has 2 aromatic rings. The molecule has 5 heteroatoms. The standard InChI is InChI=1S/C16H14ClNO3/c17-15(12-4-2-1-3-5-12)16(19)18-9-11-6-7-13-14(8-11)21-10-20-13/h1-8,15H,9-10H2,(H,18,19)/t15-/m1/s1. The molecule has 0 saturated carbocycles. The molecular weight excluding hydrogens is 290 g/mol. The van der Waals surface area contributed by atoms with E-state index in [-0.39, 0.29) is 12.7 Å². The number of halogens is 1. The van der Waals surface area contributed by atoms with Crippen LogP contribution < -0.4 is 14.8 Å². The zero-order valence-electron chi connectivity index (χ0n) is 11.2. The number of hydrogen-bond donors (Lipinski definition) is 1. The first-order chi connectivity index (χ1) is 10.2. The van der Waals surface area contributed by atoms with E-state index < -0.39 is 5.38 Å². The molecule has 0 bridgehead atoms. The molecule has 1 aliphatic heterocycles. The molecule has 1 amide bonds. The summed E-state index contributed by atoms with van der Waals surface area (Å²) in [6.45, 7) is 0.633. The number of amides is 1. The van der Waals surface area contributed by atoms with Gasteiger partial charge in [-0.1, -0.05) is 36.4 Å². The van der Waals surface area contributed by atoms with Crippen LogP contribution in [-0.4, -0.2) is 12.7 Å². The summed E-state index contributed by atoms with van der Waals surface area (Å²) in [5, 5.41) is 2.13. The topological polar surface area (TPSA) is 47.6 Å². The van der Waals surface area contributed by atoms with Crippen LogP contribution in [0.3, 0.4) is 0 Å². The second kappa shape index (κ2) is 6.06. The summed E-state index contributed by atoms with van der Waals surface area (Å²) in [7, 11) is 0. The Morgan fingerprint density at radius 3 is 2.71 bits per heavy atom. The Morgan fingerprint density at radius 1 is 1.14 bits per heavy atom. The van der Waals surface area contributed by atoms with Gasteiger partial charge in [-0.15, -0.1) is 11.6 Å². The van der Waals surface area contributed by atoms with Gasteiger partial charge >= 0.3 is 0 Å². The minimum absolute atomic E-state index is 0.222. The van der Waals surface area contributed by atoms with Crippen molar-refractivity contribution in [2.45, 2.75) is 11.9 Å².